The normalized spacial score (nSPS) is 16.9. The van der Waals surface area contributed by atoms with Gasteiger partial charge in [0, 0.05) is 17.0 Å². The lowest BCUT2D eigenvalue weighted by atomic mass is 9.95. The fraction of sp³-hybridized carbons (Fsp3) is 0.0625. The standard InChI is InChI=1S/C16H11NO2S/c18-15-10-4-1-2-5-12(10)19-16-14(15)11(7-8-17-16)13-6-3-9-20-13/h1-9,11,17H. The van der Waals surface area contributed by atoms with Crippen molar-refractivity contribution in [2.75, 3.05) is 5.32 Å². The van der Waals surface area contributed by atoms with E-state index in [1.807, 2.05) is 54.1 Å². The highest BCUT2D eigenvalue weighted by molar-refractivity contribution is 7.10. The van der Waals surface area contributed by atoms with Crippen LogP contribution >= 0.6 is 11.3 Å². The molecule has 4 rings (SSSR count). The lowest BCUT2D eigenvalue weighted by Crippen LogP contribution is -2.18. The number of fused-ring (bicyclic) bond motifs is 2. The summed E-state index contributed by atoms with van der Waals surface area (Å²) in [7, 11) is 0. The topological polar surface area (TPSA) is 42.2 Å². The molecule has 4 heteroatoms. The van der Waals surface area contributed by atoms with Gasteiger partial charge >= 0.3 is 0 Å². The zero-order valence-corrected chi connectivity index (χ0v) is 11.3. The van der Waals surface area contributed by atoms with Gasteiger partial charge in [0.1, 0.15) is 5.58 Å². The average molecular weight is 281 g/mol. The van der Waals surface area contributed by atoms with Gasteiger partial charge in [0.2, 0.25) is 5.88 Å². The fourth-order valence-corrected chi connectivity index (χ4v) is 3.38. The van der Waals surface area contributed by atoms with Crippen LogP contribution in [0, 0.1) is 0 Å². The second kappa shape index (κ2) is 4.35. The highest BCUT2D eigenvalue weighted by Gasteiger charge is 2.25. The molecule has 1 aliphatic heterocycles. The summed E-state index contributed by atoms with van der Waals surface area (Å²) >= 11 is 1.65. The Morgan fingerprint density at radius 1 is 1.15 bits per heavy atom. The Morgan fingerprint density at radius 3 is 2.90 bits per heavy atom. The molecule has 2 aromatic heterocycles. The molecule has 98 valence electrons. The molecule has 3 nitrogen and oxygen atoms in total. The number of benzene rings is 1. The minimum Gasteiger partial charge on any atom is -0.440 e. The second-order valence-corrected chi connectivity index (χ2v) is 5.65. The monoisotopic (exact) mass is 281 g/mol. The van der Waals surface area contributed by atoms with Crippen LogP contribution in [0.2, 0.25) is 0 Å². The predicted molar refractivity (Wildman–Crippen MR) is 81.4 cm³/mol. The van der Waals surface area contributed by atoms with E-state index in [1.54, 1.807) is 11.3 Å². The number of rotatable bonds is 1. The molecule has 0 saturated carbocycles. The van der Waals surface area contributed by atoms with E-state index < -0.39 is 0 Å². The van der Waals surface area contributed by atoms with Crippen molar-refractivity contribution in [3.05, 3.63) is 74.7 Å². The van der Waals surface area contributed by atoms with E-state index in [0.29, 0.717) is 22.4 Å². The Bertz CT molecular complexity index is 862. The lowest BCUT2D eigenvalue weighted by molar-refractivity contribution is 0.608. The van der Waals surface area contributed by atoms with Crippen molar-refractivity contribution in [3.63, 3.8) is 0 Å². The van der Waals surface area contributed by atoms with Crippen LogP contribution < -0.4 is 10.7 Å². The first-order chi connectivity index (χ1) is 9.84. The van der Waals surface area contributed by atoms with E-state index in [9.17, 15) is 4.79 Å². The summed E-state index contributed by atoms with van der Waals surface area (Å²) in [5.74, 6) is 0.515. The molecule has 20 heavy (non-hydrogen) atoms. The Hall–Kier alpha value is -2.33. The van der Waals surface area contributed by atoms with Crippen molar-refractivity contribution >= 4 is 28.2 Å². The SMILES string of the molecule is O=c1c2c(oc3ccccc13)NC=CC2c1cccs1. The van der Waals surface area contributed by atoms with Crippen molar-refractivity contribution in [2.45, 2.75) is 5.92 Å². The lowest BCUT2D eigenvalue weighted by Gasteiger charge is -2.19. The summed E-state index contributed by atoms with van der Waals surface area (Å²) in [6.07, 6.45) is 3.84. The van der Waals surface area contributed by atoms with Gasteiger partial charge in [-0.3, -0.25) is 4.79 Å². The van der Waals surface area contributed by atoms with Gasteiger partial charge in [0.25, 0.3) is 0 Å². The maximum Gasteiger partial charge on any atom is 0.205 e. The summed E-state index contributed by atoms with van der Waals surface area (Å²) in [5, 5.41) is 5.70. The van der Waals surface area contributed by atoms with E-state index >= 15 is 0 Å². The van der Waals surface area contributed by atoms with Gasteiger partial charge in [0.05, 0.1) is 10.9 Å². The maximum absolute atomic E-state index is 12.7. The Balaban J connectivity index is 2.04. The molecule has 0 aliphatic carbocycles. The number of hydrogen-bond donors (Lipinski definition) is 1. The van der Waals surface area contributed by atoms with Crippen molar-refractivity contribution in [1.82, 2.24) is 0 Å². The number of thiophene rings is 1. The van der Waals surface area contributed by atoms with Gasteiger partial charge in [0.15, 0.2) is 5.43 Å². The van der Waals surface area contributed by atoms with Crippen LogP contribution in [0.15, 0.2) is 63.3 Å². The molecule has 1 aromatic carbocycles. The van der Waals surface area contributed by atoms with Crippen molar-refractivity contribution in [2.24, 2.45) is 0 Å². The third-order valence-corrected chi connectivity index (χ3v) is 4.45. The van der Waals surface area contributed by atoms with Crippen LogP contribution in [-0.2, 0) is 0 Å². The van der Waals surface area contributed by atoms with Gasteiger partial charge in [-0.1, -0.05) is 24.3 Å². The van der Waals surface area contributed by atoms with Gasteiger partial charge in [-0.15, -0.1) is 11.3 Å². The highest BCUT2D eigenvalue weighted by atomic mass is 32.1. The number of anilines is 1. The van der Waals surface area contributed by atoms with Crippen molar-refractivity contribution in [1.29, 1.82) is 0 Å². The summed E-state index contributed by atoms with van der Waals surface area (Å²) in [4.78, 5) is 13.9. The first-order valence-corrected chi connectivity index (χ1v) is 7.25. The molecule has 1 N–H and O–H groups in total. The quantitative estimate of drug-likeness (QED) is 0.735. The predicted octanol–water partition coefficient (Wildman–Crippen LogP) is 3.93. The number of allylic oxidation sites excluding steroid dienone is 1. The summed E-state index contributed by atoms with van der Waals surface area (Å²) in [6.45, 7) is 0. The third kappa shape index (κ3) is 1.62. The molecule has 1 atom stereocenters. The van der Waals surface area contributed by atoms with Crippen LogP contribution in [0.3, 0.4) is 0 Å². The van der Waals surface area contributed by atoms with E-state index in [4.69, 9.17) is 4.42 Å². The molecule has 0 fully saturated rings. The first-order valence-electron chi connectivity index (χ1n) is 6.37. The largest absolute Gasteiger partial charge is 0.440 e. The van der Waals surface area contributed by atoms with Crippen molar-refractivity contribution in [3.8, 4) is 0 Å². The molecule has 0 amide bonds. The summed E-state index contributed by atoms with van der Waals surface area (Å²) in [5.41, 5.74) is 1.34. The molecule has 3 heterocycles. The molecule has 1 unspecified atom stereocenters. The first kappa shape index (κ1) is 11.5. The Kier molecular flexibility index (Phi) is 2.50. The number of nitrogens with one attached hydrogen (secondary N) is 1. The van der Waals surface area contributed by atoms with Gasteiger partial charge in [-0.25, -0.2) is 0 Å². The van der Waals surface area contributed by atoms with Crippen LogP contribution in [0.4, 0.5) is 5.88 Å². The number of para-hydroxylation sites is 1. The smallest absolute Gasteiger partial charge is 0.205 e. The average Bonchev–Trinajstić information content (AvgIpc) is 3.01. The number of hydrogen-bond acceptors (Lipinski definition) is 4. The minimum absolute atomic E-state index is 0.0351. The van der Waals surface area contributed by atoms with Crippen LogP contribution in [0.5, 0.6) is 0 Å². The minimum atomic E-state index is -0.0351. The molecule has 0 spiro atoms. The molecular formula is C16H11NO2S. The zero-order valence-electron chi connectivity index (χ0n) is 10.5. The highest BCUT2D eigenvalue weighted by Crippen LogP contribution is 2.36. The van der Waals surface area contributed by atoms with Crippen LogP contribution in [0.25, 0.3) is 11.0 Å². The van der Waals surface area contributed by atoms with E-state index in [-0.39, 0.29) is 11.3 Å². The van der Waals surface area contributed by atoms with E-state index in [2.05, 4.69) is 5.32 Å². The van der Waals surface area contributed by atoms with Crippen LogP contribution in [-0.4, -0.2) is 0 Å². The molecule has 0 radical (unpaired) electrons. The molecular weight excluding hydrogens is 270 g/mol. The summed E-state index contributed by atoms with van der Waals surface area (Å²) < 4.78 is 5.84. The van der Waals surface area contributed by atoms with Crippen LogP contribution in [0.1, 0.15) is 16.4 Å². The molecule has 1 aliphatic rings. The Labute approximate surface area is 119 Å². The molecule has 0 saturated heterocycles. The van der Waals surface area contributed by atoms with Gasteiger partial charge < -0.3 is 9.73 Å². The summed E-state index contributed by atoms with van der Waals surface area (Å²) in [6, 6.07) is 11.4. The van der Waals surface area contributed by atoms with E-state index in [0.717, 1.165) is 4.88 Å². The zero-order chi connectivity index (χ0) is 13.5. The maximum atomic E-state index is 12.7. The third-order valence-electron chi connectivity index (χ3n) is 3.50. The Morgan fingerprint density at radius 2 is 2.05 bits per heavy atom. The van der Waals surface area contributed by atoms with Gasteiger partial charge in [-0.2, -0.15) is 0 Å². The molecule has 0 bridgehead atoms. The van der Waals surface area contributed by atoms with Crippen molar-refractivity contribution < 1.29 is 4.42 Å². The molecule has 3 aromatic rings. The van der Waals surface area contributed by atoms with Gasteiger partial charge in [-0.05, 0) is 23.6 Å². The van der Waals surface area contributed by atoms with E-state index in [1.165, 1.54) is 0 Å². The second-order valence-electron chi connectivity index (χ2n) is 4.67. The fourth-order valence-electron chi connectivity index (χ4n) is 2.57.